The lowest BCUT2D eigenvalue weighted by atomic mass is 9.79. The molecule has 3 nitrogen and oxygen atoms in total. The Morgan fingerprint density at radius 2 is 1.02 bits per heavy atom. The van der Waals surface area contributed by atoms with Crippen LogP contribution < -0.4 is 0 Å². The van der Waals surface area contributed by atoms with Crippen LogP contribution in [0.15, 0.2) is 152 Å². The van der Waals surface area contributed by atoms with Crippen LogP contribution in [-0.2, 0) is 5.41 Å². The molecule has 2 aromatic heterocycles. The third-order valence-electron chi connectivity index (χ3n) is 10.3. The Labute approximate surface area is 294 Å². The SMILES string of the molecule is CC1(C)c2ccccc2-c2c(-c3nc(-c4ccccc4)nc(-c4cccc5sc6ccccc6c45)n3)cc3c(-c4ccccc4)cccc3c21. The van der Waals surface area contributed by atoms with Gasteiger partial charge in [0.05, 0.1) is 0 Å². The Balaban J connectivity index is 1.34. The Morgan fingerprint density at radius 1 is 0.440 bits per heavy atom. The Morgan fingerprint density at radius 3 is 1.84 bits per heavy atom. The predicted octanol–water partition coefficient (Wildman–Crippen LogP) is 12.4. The Bertz CT molecular complexity index is 2780. The van der Waals surface area contributed by atoms with Gasteiger partial charge < -0.3 is 0 Å². The van der Waals surface area contributed by atoms with Gasteiger partial charge in [-0.05, 0) is 62.4 Å². The summed E-state index contributed by atoms with van der Waals surface area (Å²) in [5.41, 5.74) is 10.3. The monoisotopic (exact) mass is 657 g/mol. The Kier molecular flexibility index (Phi) is 6.39. The van der Waals surface area contributed by atoms with Gasteiger partial charge in [-0.25, -0.2) is 15.0 Å². The highest BCUT2D eigenvalue weighted by molar-refractivity contribution is 7.25. The molecule has 0 spiro atoms. The predicted molar refractivity (Wildman–Crippen MR) is 210 cm³/mol. The summed E-state index contributed by atoms with van der Waals surface area (Å²) < 4.78 is 2.48. The highest BCUT2D eigenvalue weighted by atomic mass is 32.1. The molecule has 0 saturated carbocycles. The van der Waals surface area contributed by atoms with Gasteiger partial charge in [-0.3, -0.25) is 0 Å². The highest BCUT2D eigenvalue weighted by Crippen LogP contribution is 2.55. The largest absolute Gasteiger partial charge is 0.208 e. The lowest BCUT2D eigenvalue weighted by Crippen LogP contribution is -2.15. The van der Waals surface area contributed by atoms with Crippen LogP contribution in [0.25, 0.3) is 87.4 Å². The van der Waals surface area contributed by atoms with E-state index in [1.54, 1.807) is 0 Å². The number of rotatable bonds is 4. The van der Waals surface area contributed by atoms with E-state index in [9.17, 15) is 0 Å². The standard InChI is InChI=1S/C46H31N3S/c1-46(2)37-24-11-9-19-32(37)41-36(27-35-30(28-15-5-3-6-16-28)21-13-22-31(35)42(41)46)45-48-43(29-17-7-4-8-18-29)47-44(49-45)34-23-14-26-39-40(34)33-20-10-12-25-38(33)50-39/h3-27H,1-2H3. The van der Waals surface area contributed by atoms with E-state index in [0.717, 1.165) is 16.7 Å². The van der Waals surface area contributed by atoms with Crippen molar-refractivity contribution < 1.29 is 0 Å². The summed E-state index contributed by atoms with van der Waals surface area (Å²) >= 11 is 1.81. The maximum absolute atomic E-state index is 5.43. The van der Waals surface area contributed by atoms with Gasteiger partial charge in [0.25, 0.3) is 0 Å². The quantitative estimate of drug-likeness (QED) is 0.189. The van der Waals surface area contributed by atoms with Gasteiger partial charge in [0, 0.05) is 42.3 Å². The first kappa shape index (κ1) is 29.0. The molecule has 7 aromatic carbocycles. The van der Waals surface area contributed by atoms with Crippen molar-refractivity contribution >= 4 is 42.3 Å². The minimum absolute atomic E-state index is 0.227. The molecule has 1 aliphatic carbocycles. The molecule has 0 atom stereocenters. The van der Waals surface area contributed by atoms with E-state index in [1.165, 1.54) is 64.3 Å². The van der Waals surface area contributed by atoms with Crippen LogP contribution in [-0.4, -0.2) is 15.0 Å². The summed E-state index contributed by atoms with van der Waals surface area (Å²) in [5.74, 6) is 2.02. The zero-order valence-electron chi connectivity index (χ0n) is 27.7. The fraction of sp³-hybridized carbons (Fsp3) is 0.0652. The molecular weight excluding hydrogens is 627 g/mol. The van der Waals surface area contributed by atoms with Crippen LogP contribution >= 0.6 is 11.3 Å². The lowest BCUT2D eigenvalue weighted by Gasteiger charge is -2.24. The van der Waals surface area contributed by atoms with Crippen LogP contribution in [0.1, 0.15) is 25.0 Å². The van der Waals surface area contributed by atoms with E-state index in [-0.39, 0.29) is 5.41 Å². The van der Waals surface area contributed by atoms with E-state index in [1.807, 2.05) is 29.5 Å². The molecule has 0 N–H and O–H groups in total. The molecule has 236 valence electrons. The summed E-state index contributed by atoms with van der Waals surface area (Å²) in [6, 6.07) is 54.0. The average molecular weight is 658 g/mol. The smallest absolute Gasteiger partial charge is 0.164 e. The van der Waals surface area contributed by atoms with Gasteiger partial charge >= 0.3 is 0 Å². The number of aromatic nitrogens is 3. The van der Waals surface area contributed by atoms with Crippen molar-refractivity contribution in [2.75, 3.05) is 0 Å². The number of hydrogen-bond acceptors (Lipinski definition) is 4. The lowest BCUT2D eigenvalue weighted by molar-refractivity contribution is 0.666. The second-order valence-electron chi connectivity index (χ2n) is 13.6. The number of thiophene rings is 1. The number of hydrogen-bond donors (Lipinski definition) is 0. The van der Waals surface area contributed by atoms with Gasteiger partial charge in [0.1, 0.15) is 0 Å². The fourth-order valence-electron chi connectivity index (χ4n) is 8.07. The summed E-state index contributed by atoms with van der Waals surface area (Å²) in [7, 11) is 0. The van der Waals surface area contributed by atoms with Gasteiger partial charge in [-0.15, -0.1) is 11.3 Å². The van der Waals surface area contributed by atoms with Crippen LogP contribution in [0, 0.1) is 0 Å². The van der Waals surface area contributed by atoms with E-state index < -0.39 is 0 Å². The van der Waals surface area contributed by atoms with Gasteiger partial charge in [0.2, 0.25) is 0 Å². The third-order valence-corrected chi connectivity index (χ3v) is 11.5. The van der Waals surface area contributed by atoms with Crippen LogP contribution in [0.2, 0.25) is 0 Å². The minimum atomic E-state index is -0.227. The number of benzene rings is 7. The van der Waals surface area contributed by atoms with E-state index in [4.69, 9.17) is 15.0 Å². The molecule has 0 aliphatic heterocycles. The molecule has 4 heteroatoms. The van der Waals surface area contributed by atoms with Crippen molar-refractivity contribution in [3.63, 3.8) is 0 Å². The number of fused-ring (bicyclic) bond motifs is 8. The molecule has 0 saturated heterocycles. The maximum Gasteiger partial charge on any atom is 0.164 e. The van der Waals surface area contributed by atoms with E-state index >= 15 is 0 Å². The van der Waals surface area contributed by atoms with E-state index in [0.29, 0.717) is 17.5 Å². The number of nitrogens with zero attached hydrogens (tertiary/aromatic N) is 3. The first-order valence-corrected chi connectivity index (χ1v) is 17.9. The van der Waals surface area contributed by atoms with Crippen LogP contribution in [0.5, 0.6) is 0 Å². The van der Waals surface area contributed by atoms with Crippen molar-refractivity contribution in [3.05, 3.63) is 163 Å². The van der Waals surface area contributed by atoms with Crippen molar-refractivity contribution in [2.45, 2.75) is 19.3 Å². The zero-order valence-corrected chi connectivity index (χ0v) is 28.5. The molecule has 0 radical (unpaired) electrons. The average Bonchev–Trinajstić information content (AvgIpc) is 3.67. The molecule has 0 unspecified atom stereocenters. The molecule has 1 aliphatic rings. The van der Waals surface area contributed by atoms with Gasteiger partial charge in [-0.2, -0.15) is 0 Å². The van der Waals surface area contributed by atoms with Gasteiger partial charge in [0.15, 0.2) is 17.5 Å². The first-order valence-electron chi connectivity index (χ1n) is 17.0. The van der Waals surface area contributed by atoms with E-state index in [2.05, 4.69) is 147 Å². The summed E-state index contributed by atoms with van der Waals surface area (Å²) in [6.07, 6.45) is 0. The molecule has 2 heterocycles. The molecule has 0 fully saturated rings. The topological polar surface area (TPSA) is 38.7 Å². The second kappa shape index (κ2) is 11.0. The van der Waals surface area contributed by atoms with Crippen molar-refractivity contribution in [1.29, 1.82) is 0 Å². The zero-order chi connectivity index (χ0) is 33.4. The molecule has 10 rings (SSSR count). The summed E-state index contributed by atoms with van der Waals surface area (Å²) in [5, 5.41) is 4.87. The first-order chi connectivity index (χ1) is 24.6. The normalized spacial score (nSPS) is 13.2. The minimum Gasteiger partial charge on any atom is -0.208 e. The van der Waals surface area contributed by atoms with Crippen LogP contribution in [0.4, 0.5) is 0 Å². The van der Waals surface area contributed by atoms with Crippen LogP contribution in [0.3, 0.4) is 0 Å². The third kappa shape index (κ3) is 4.32. The molecule has 50 heavy (non-hydrogen) atoms. The molecule has 0 amide bonds. The molecule has 9 aromatic rings. The van der Waals surface area contributed by atoms with Gasteiger partial charge in [-0.1, -0.05) is 147 Å². The summed E-state index contributed by atoms with van der Waals surface area (Å²) in [4.78, 5) is 16.0. The fourth-order valence-corrected chi connectivity index (χ4v) is 9.21. The molecular formula is C46H31N3S. The van der Waals surface area contributed by atoms with Crippen molar-refractivity contribution in [3.8, 4) is 56.4 Å². The maximum atomic E-state index is 5.43. The van der Waals surface area contributed by atoms with Crippen molar-refractivity contribution in [1.82, 2.24) is 15.0 Å². The summed E-state index contributed by atoms with van der Waals surface area (Å²) in [6.45, 7) is 4.71. The van der Waals surface area contributed by atoms with Crippen molar-refractivity contribution in [2.24, 2.45) is 0 Å². The Hall–Kier alpha value is -5.97. The molecule has 0 bridgehead atoms. The second-order valence-corrected chi connectivity index (χ2v) is 14.6. The highest BCUT2D eigenvalue weighted by Gasteiger charge is 2.39.